The average Bonchev–Trinajstić information content (AvgIpc) is 2.51. The maximum atomic E-state index is 13.3. The Labute approximate surface area is 125 Å². The Morgan fingerprint density at radius 1 is 1.10 bits per heavy atom. The van der Waals surface area contributed by atoms with Gasteiger partial charge in [0.15, 0.2) is 11.6 Å². The van der Waals surface area contributed by atoms with E-state index in [4.69, 9.17) is 5.73 Å². The van der Waals surface area contributed by atoms with Crippen molar-refractivity contribution in [2.75, 3.05) is 0 Å². The van der Waals surface area contributed by atoms with E-state index in [1.54, 1.807) is 0 Å². The van der Waals surface area contributed by atoms with Crippen LogP contribution in [0.15, 0.2) is 53.4 Å². The predicted octanol–water partition coefficient (Wildman–Crippen LogP) is 3.55. The Balaban J connectivity index is 2.28. The van der Waals surface area contributed by atoms with Crippen molar-refractivity contribution in [1.82, 2.24) is 0 Å². The van der Waals surface area contributed by atoms with E-state index in [-0.39, 0.29) is 10.1 Å². The van der Waals surface area contributed by atoms with E-state index in [0.29, 0.717) is 6.42 Å². The monoisotopic (exact) mass is 309 g/mol. The number of hydrogen-bond acceptors (Lipinski definition) is 2. The molecule has 2 rings (SSSR count). The van der Waals surface area contributed by atoms with Crippen molar-refractivity contribution in [3.8, 4) is 0 Å². The first-order valence-electron chi connectivity index (χ1n) is 6.70. The van der Waals surface area contributed by atoms with Gasteiger partial charge in [-0.1, -0.05) is 37.3 Å². The lowest BCUT2D eigenvalue weighted by molar-refractivity contribution is 0.505. The van der Waals surface area contributed by atoms with Gasteiger partial charge in [0.1, 0.15) is 0 Å². The molecule has 0 aliphatic carbocycles. The van der Waals surface area contributed by atoms with Crippen molar-refractivity contribution < 1.29 is 13.0 Å². The van der Waals surface area contributed by atoms with Gasteiger partial charge in [-0.05, 0) is 30.2 Å². The molecular formula is C16H17F2NOS. The van der Waals surface area contributed by atoms with Gasteiger partial charge in [-0.3, -0.25) is 4.21 Å². The van der Waals surface area contributed by atoms with Crippen LogP contribution in [0.1, 0.15) is 24.9 Å². The normalized spacial score (nSPS) is 15.4. The van der Waals surface area contributed by atoms with E-state index >= 15 is 0 Å². The summed E-state index contributed by atoms with van der Waals surface area (Å²) in [6.45, 7) is 1.88. The molecule has 3 unspecified atom stereocenters. The van der Waals surface area contributed by atoms with Crippen LogP contribution in [-0.4, -0.2) is 9.46 Å². The zero-order chi connectivity index (χ0) is 15.4. The first kappa shape index (κ1) is 15.8. The summed E-state index contributed by atoms with van der Waals surface area (Å²) in [5.41, 5.74) is 7.07. The minimum atomic E-state index is -1.50. The van der Waals surface area contributed by atoms with Crippen LogP contribution in [0.5, 0.6) is 0 Å². The summed E-state index contributed by atoms with van der Waals surface area (Å²) < 4.78 is 38.9. The molecule has 0 aliphatic heterocycles. The van der Waals surface area contributed by atoms with Crippen molar-refractivity contribution >= 4 is 10.8 Å². The summed E-state index contributed by atoms with van der Waals surface area (Å²) >= 11 is 0. The molecule has 5 heteroatoms. The minimum Gasteiger partial charge on any atom is -0.323 e. The van der Waals surface area contributed by atoms with Crippen molar-refractivity contribution in [2.24, 2.45) is 5.73 Å². The highest BCUT2D eigenvalue weighted by Gasteiger charge is 2.25. The van der Waals surface area contributed by atoms with E-state index in [1.165, 1.54) is 6.07 Å². The highest BCUT2D eigenvalue weighted by atomic mass is 32.2. The van der Waals surface area contributed by atoms with Gasteiger partial charge in [-0.25, -0.2) is 8.78 Å². The highest BCUT2D eigenvalue weighted by Crippen LogP contribution is 2.25. The number of halogens is 2. The Morgan fingerprint density at radius 3 is 2.33 bits per heavy atom. The molecule has 112 valence electrons. The Hall–Kier alpha value is -1.59. The first-order chi connectivity index (χ1) is 10.0. The van der Waals surface area contributed by atoms with Crippen LogP contribution in [0.4, 0.5) is 8.78 Å². The maximum Gasteiger partial charge on any atom is 0.160 e. The lowest BCUT2D eigenvalue weighted by atomic mass is 10.0. The number of rotatable bonds is 5. The summed E-state index contributed by atoms with van der Waals surface area (Å²) in [6.07, 6.45) is 0.571. The molecule has 0 radical (unpaired) electrons. The third-order valence-corrected chi connectivity index (χ3v) is 5.28. The van der Waals surface area contributed by atoms with Crippen LogP contribution < -0.4 is 5.73 Å². The Bertz CT molecular complexity index is 633. The lowest BCUT2D eigenvalue weighted by Crippen LogP contribution is -2.30. The van der Waals surface area contributed by atoms with E-state index in [0.717, 1.165) is 17.7 Å². The fourth-order valence-corrected chi connectivity index (χ4v) is 3.70. The second-order valence-corrected chi connectivity index (χ2v) is 6.43. The fourth-order valence-electron chi connectivity index (χ4n) is 2.21. The van der Waals surface area contributed by atoms with Gasteiger partial charge in [-0.2, -0.15) is 0 Å². The maximum absolute atomic E-state index is 13.3. The molecule has 0 fully saturated rings. The van der Waals surface area contributed by atoms with Crippen molar-refractivity contribution in [3.05, 3.63) is 65.7 Å². The standard InChI is InChI=1S/C16H17F2NOS/c1-2-15(16(19)11-6-4-3-5-7-11)21(20)12-8-9-13(17)14(18)10-12/h3-10,15-16H,2,19H2,1H3. The number of nitrogens with two attached hydrogens (primary N) is 1. The van der Waals surface area contributed by atoms with Crippen molar-refractivity contribution in [3.63, 3.8) is 0 Å². The number of benzene rings is 2. The summed E-state index contributed by atoms with van der Waals surface area (Å²) in [4.78, 5) is 0.257. The summed E-state index contributed by atoms with van der Waals surface area (Å²) in [7, 11) is -1.50. The SMILES string of the molecule is CCC(C(N)c1ccccc1)S(=O)c1ccc(F)c(F)c1. The molecule has 2 N–H and O–H groups in total. The van der Waals surface area contributed by atoms with Gasteiger partial charge in [0.05, 0.1) is 16.0 Å². The van der Waals surface area contributed by atoms with Gasteiger partial charge in [0.2, 0.25) is 0 Å². The van der Waals surface area contributed by atoms with Crippen LogP contribution in [0.25, 0.3) is 0 Å². The van der Waals surface area contributed by atoms with Crippen LogP contribution in [0.3, 0.4) is 0 Å². The van der Waals surface area contributed by atoms with Crippen LogP contribution >= 0.6 is 0 Å². The van der Waals surface area contributed by atoms with Gasteiger partial charge < -0.3 is 5.73 Å². The van der Waals surface area contributed by atoms with Gasteiger partial charge in [-0.15, -0.1) is 0 Å². The molecule has 2 nitrogen and oxygen atoms in total. The molecule has 21 heavy (non-hydrogen) atoms. The summed E-state index contributed by atoms with van der Waals surface area (Å²) in [5, 5.41) is -0.364. The van der Waals surface area contributed by atoms with E-state index in [2.05, 4.69) is 0 Å². The molecule has 3 atom stereocenters. The van der Waals surface area contributed by atoms with Gasteiger partial charge in [0.25, 0.3) is 0 Å². The average molecular weight is 309 g/mol. The molecule has 0 saturated carbocycles. The molecule has 2 aromatic rings. The molecular weight excluding hydrogens is 292 g/mol. The third-order valence-electron chi connectivity index (χ3n) is 3.39. The number of hydrogen-bond donors (Lipinski definition) is 1. The molecule has 0 heterocycles. The fraction of sp³-hybridized carbons (Fsp3) is 0.250. The van der Waals surface area contributed by atoms with Gasteiger partial charge >= 0.3 is 0 Å². The van der Waals surface area contributed by atoms with Crippen molar-refractivity contribution in [2.45, 2.75) is 29.5 Å². The predicted molar refractivity (Wildman–Crippen MR) is 80.2 cm³/mol. The first-order valence-corrected chi connectivity index (χ1v) is 7.92. The summed E-state index contributed by atoms with van der Waals surface area (Å²) in [5.74, 6) is -1.94. The van der Waals surface area contributed by atoms with E-state index in [1.807, 2.05) is 37.3 Å². The molecule has 0 aromatic heterocycles. The molecule has 0 saturated heterocycles. The zero-order valence-corrected chi connectivity index (χ0v) is 12.4. The van der Waals surface area contributed by atoms with Crippen LogP contribution in [-0.2, 0) is 10.8 Å². The zero-order valence-electron chi connectivity index (χ0n) is 11.6. The second kappa shape index (κ2) is 6.91. The quantitative estimate of drug-likeness (QED) is 0.918. The third kappa shape index (κ3) is 3.54. The van der Waals surface area contributed by atoms with Crippen LogP contribution in [0.2, 0.25) is 0 Å². The van der Waals surface area contributed by atoms with E-state index < -0.39 is 28.5 Å². The topological polar surface area (TPSA) is 43.1 Å². The molecule has 0 bridgehead atoms. The second-order valence-electron chi connectivity index (χ2n) is 4.76. The Kier molecular flexibility index (Phi) is 5.20. The Morgan fingerprint density at radius 2 is 1.76 bits per heavy atom. The molecule has 0 spiro atoms. The van der Waals surface area contributed by atoms with Crippen LogP contribution in [0, 0.1) is 11.6 Å². The molecule has 2 aromatic carbocycles. The molecule has 0 aliphatic rings. The van der Waals surface area contributed by atoms with E-state index in [9.17, 15) is 13.0 Å². The largest absolute Gasteiger partial charge is 0.323 e. The smallest absolute Gasteiger partial charge is 0.160 e. The lowest BCUT2D eigenvalue weighted by Gasteiger charge is -2.22. The highest BCUT2D eigenvalue weighted by molar-refractivity contribution is 7.85. The van der Waals surface area contributed by atoms with Crippen molar-refractivity contribution in [1.29, 1.82) is 0 Å². The summed E-state index contributed by atoms with van der Waals surface area (Å²) in [6, 6.07) is 12.2. The molecule has 0 amide bonds. The minimum absolute atomic E-state index is 0.257. The van der Waals surface area contributed by atoms with Gasteiger partial charge in [0, 0.05) is 10.9 Å².